The quantitative estimate of drug-likeness (QED) is 0.796. The summed E-state index contributed by atoms with van der Waals surface area (Å²) in [5, 5.41) is 2.93. The topological polar surface area (TPSA) is 32.3 Å². The van der Waals surface area contributed by atoms with Crippen LogP contribution in [0.3, 0.4) is 0 Å². The van der Waals surface area contributed by atoms with Gasteiger partial charge >= 0.3 is 0 Å². The van der Waals surface area contributed by atoms with E-state index in [4.69, 9.17) is 0 Å². The van der Waals surface area contributed by atoms with Gasteiger partial charge in [-0.1, -0.05) is 24.6 Å². The van der Waals surface area contributed by atoms with Crippen molar-refractivity contribution in [2.45, 2.75) is 38.5 Å². The van der Waals surface area contributed by atoms with Gasteiger partial charge in [0.15, 0.2) is 0 Å². The predicted molar refractivity (Wildman–Crippen MR) is 79.2 cm³/mol. The molecule has 0 aliphatic carbocycles. The molecule has 0 radical (unpaired) electrons. The number of para-hydroxylation sites is 1. The van der Waals surface area contributed by atoms with Crippen LogP contribution < -0.4 is 5.32 Å². The number of rotatable bonds is 6. The molecule has 1 aromatic rings. The number of benzene rings is 1. The van der Waals surface area contributed by atoms with Crippen molar-refractivity contribution in [3.63, 3.8) is 0 Å². The summed E-state index contributed by atoms with van der Waals surface area (Å²) in [4.78, 5) is 14.3. The molecule has 0 unspecified atom stereocenters. The Labute approximate surface area is 116 Å². The number of likely N-dealkylation sites (tertiary alicyclic amines) is 1. The van der Waals surface area contributed by atoms with Gasteiger partial charge in [0.25, 0.3) is 0 Å². The lowest BCUT2D eigenvalue weighted by molar-refractivity contribution is -0.116. The molecule has 19 heavy (non-hydrogen) atoms. The molecule has 1 heterocycles. The molecule has 3 nitrogen and oxygen atoms in total. The Morgan fingerprint density at radius 2 is 1.79 bits per heavy atom. The molecule has 1 aromatic carbocycles. The van der Waals surface area contributed by atoms with E-state index in [9.17, 15) is 4.79 Å². The van der Waals surface area contributed by atoms with Crippen molar-refractivity contribution in [2.75, 3.05) is 25.0 Å². The van der Waals surface area contributed by atoms with Crippen LogP contribution in [0.2, 0.25) is 0 Å². The molecule has 104 valence electrons. The fraction of sp³-hybridized carbons (Fsp3) is 0.562. The van der Waals surface area contributed by atoms with Crippen molar-refractivity contribution in [1.29, 1.82) is 0 Å². The molecule has 0 saturated carbocycles. The average molecular weight is 260 g/mol. The summed E-state index contributed by atoms with van der Waals surface area (Å²) in [6.07, 6.45) is 6.80. The van der Waals surface area contributed by atoms with Crippen molar-refractivity contribution in [1.82, 2.24) is 4.90 Å². The van der Waals surface area contributed by atoms with E-state index in [1.165, 1.54) is 32.4 Å². The Kier molecular flexibility index (Phi) is 5.89. The fourth-order valence-corrected chi connectivity index (χ4v) is 2.55. The van der Waals surface area contributed by atoms with Crippen LogP contribution in [0, 0.1) is 0 Å². The van der Waals surface area contributed by atoms with E-state index >= 15 is 0 Å². The summed E-state index contributed by atoms with van der Waals surface area (Å²) in [7, 11) is 0. The lowest BCUT2D eigenvalue weighted by atomic mass is 10.1. The van der Waals surface area contributed by atoms with Crippen LogP contribution >= 0.6 is 0 Å². The molecule has 1 saturated heterocycles. The molecule has 3 heteroatoms. The highest BCUT2D eigenvalue weighted by molar-refractivity contribution is 5.90. The van der Waals surface area contributed by atoms with E-state index in [0.717, 1.165) is 25.1 Å². The van der Waals surface area contributed by atoms with E-state index < -0.39 is 0 Å². The first-order valence-electron chi connectivity index (χ1n) is 7.42. The number of hydrogen-bond acceptors (Lipinski definition) is 2. The van der Waals surface area contributed by atoms with Crippen LogP contribution in [0.5, 0.6) is 0 Å². The third-order valence-corrected chi connectivity index (χ3v) is 3.63. The van der Waals surface area contributed by atoms with Gasteiger partial charge in [-0.05, 0) is 57.5 Å². The molecular weight excluding hydrogens is 236 g/mol. The highest BCUT2D eigenvalue weighted by Gasteiger charge is 2.09. The molecule has 2 rings (SSSR count). The smallest absolute Gasteiger partial charge is 0.224 e. The van der Waals surface area contributed by atoms with Gasteiger partial charge in [0, 0.05) is 12.1 Å². The van der Waals surface area contributed by atoms with Gasteiger partial charge in [-0.2, -0.15) is 0 Å². The number of nitrogens with one attached hydrogen (secondary N) is 1. The fourth-order valence-electron chi connectivity index (χ4n) is 2.55. The SMILES string of the molecule is O=C(CCCCN1CCCCC1)Nc1ccccc1. The molecule has 0 aromatic heterocycles. The number of hydrogen-bond donors (Lipinski definition) is 1. The molecule has 0 atom stereocenters. The minimum Gasteiger partial charge on any atom is -0.326 e. The maximum absolute atomic E-state index is 11.7. The first kappa shape index (κ1) is 14.1. The molecule has 1 aliphatic heterocycles. The Bertz CT molecular complexity index is 372. The number of anilines is 1. The zero-order chi connectivity index (χ0) is 13.3. The summed E-state index contributed by atoms with van der Waals surface area (Å²) >= 11 is 0. The molecule has 1 fully saturated rings. The molecule has 1 aliphatic rings. The summed E-state index contributed by atoms with van der Waals surface area (Å²) in [6.45, 7) is 3.64. The van der Waals surface area contributed by atoms with Gasteiger partial charge in [-0.25, -0.2) is 0 Å². The number of amides is 1. The monoisotopic (exact) mass is 260 g/mol. The van der Waals surface area contributed by atoms with Crippen molar-refractivity contribution >= 4 is 11.6 Å². The van der Waals surface area contributed by atoms with Crippen molar-refractivity contribution in [3.8, 4) is 0 Å². The first-order valence-corrected chi connectivity index (χ1v) is 7.42. The third kappa shape index (κ3) is 5.43. The second-order valence-corrected chi connectivity index (χ2v) is 5.27. The van der Waals surface area contributed by atoms with E-state index in [-0.39, 0.29) is 5.91 Å². The van der Waals surface area contributed by atoms with Gasteiger partial charge in [-0.15, -0.1) is 0 Å². The van der Waals surface area contributed by atoms with E-state index in [2.05, 4.69) is 10.2 Å². The lowest BCUT2D eigenvalue weighted by Crippen LogP contribution is -2.30. The van der Waals surface area contributed by atoms with Crippen LogP contribution in [0.4, 0.5) is 5.69 Å². The Morgan fingerprint density at radius 1 is 1.05 bits per heavy atom. The normalized spacial score (nSPS) is 16.2. The first-order chi connectivity index (χ1) is 9.34. The van der Waals surface area contributed by atoms with Crippen molar-refractivity contribution in [2.24, 2.45) is 0 Å². The predicted octanol–water partition coefficient (Wildman–Crippen LogP) is 3.28. The van der Waals surface area contributed by atoms with Gasteiger partial charge in [0.05, 0.1) is 0 Å². The van der Waals surface area contributed by atoms with Gasteiger partial charge in [0.2, 0.25) is 5.91 Å². The van der Waals surface area contributed by atoms with Crippen LogP contribution in [0.1, 0.15) is 38.5 Å². The largest absolute Gasteiger partial charge is 0.326 e. The standard InChI is InChI=1S/C16H24N2O/c19-16(17-15-9-3-1-4-10-15)11-5-8-14-18-12-6-2-7-13-18/h1,3-4,9-10H,2,5-8,11-14H2,(H,17,19). The highest BCUT2D eigenvalue weighted by atomic mass is 16.1. The van der Waals surface area contributed by atoms with E-state index in [1.807, 2.05) is 30.3 Å². The molecular formula is C16H24N2O. The summed E-state index contributed by atoms with van der Waals surface area (Å²) in [5.74, 6) is 0.129. The highest BCUT2D eigenvalue weighted by Crippen LogP contribution is 2.10. The van der Waals surface area contributed by atoms with Gasteiger partial charge in [0.1, 0.15) is 0 Å². The summed E-state index contributed by atoms with van der Waals surface area (Å²) < 4.78 is 0. The maximum Gasteiger partial charge on any atom is 0.224 e. The zero-order valence-electron chi connectivity index (χ0n) is 11.6. The van der Waals surface area contributed by atoms with Crippen LogP contribution in [-0.4, -0.2) is 30.4 Å². The van der Waals surface area contributed by atoms with Crippen molar-refractivity contribution < 1.29 is 4.79 Å². The van der Waals surface area contributed by atoms with Crippen molar-refractivity contribution in [3.05, 3.63) is 30.3 Å². The Balaban J connectivity index is 1.56. The molecule has 1 N–H and O–H groups in total. The zero-order valence-corrected chi connectivity index (χ0v) is 11.6. The molecule has 0 spiro atoms. The summed E-state index contributed by atoms with van der Waals surface area (Å²) in [6, 6.07) is 9.67. The molecule has 1 amide bonds. The Hall–Kier alpha value is -1.35. The third-order valence-electron chi connectivity index (χ3n) is 3.63. The summed E-state index contributed by atoms with van der Waals surface area (Å²) in [5.41, 5.74) is 0.892. The van der Waals surface area contributed by atoms with Crippen LogP contribution in [0.25, 0.3) is 0 Å². The second-order valence-electron chi connectivity index (χ2n) is 5.27. The maximum atomic E-state index is 11.7. The lowest BCUT2D eigenvalue weighted by Gasteiger charge is -2.26. The second kappa shape index (κ2) is 7.95. The minimum atomic E-state index is 0.129. The number of carbonyl (C=O) groups is 1. The van der Waals surface area contributed by atoms with Crippen LogP contribution in [0.15, 0.2) is 30.3 Å². The number of piperidine rings is 1. The minimum absolute atomic E-state index is 0.129. The van der Waals surface area contributed by atoms with E-state index in [0.29, 0.717) is 6.42 Å². The Morgan fingerprint density at radius 3 is 2.53 bits per heavy atom. The number of carbonyl (C=O) groups excluding carboxylic acids is 1. The van der Waals surface area contributed by atoms with Gasteiger partial charge < -0.3 is 10.2 Å². The van der Waals surface area contributed by atoms with Crippen LogP contribution in [-0.2, 0) is 4.79 Å². The van der Waals surface area contributed by atoms with E-state index in [1.54, 1.807) is 0 Å². The average Bonchev–Trinajstić information content (AvgIpc) is 2.46. The number of nitrogens with zero attached hydrogens (tertiary/aromatic N) is 1. The van der Waals surface area contributed by atoms with Gasteiger partial charge in [-0.3, -0.25) is 4.79 Å². The number of unbranched alkanes of at least 4 members (excludes halogenated alkanes) is 1. The molecule has 0 bridgehead atoms.